The second kappa shape index (κ2) is 7.72. The molecule has 1 amide bonds. The molecule has 0 atom stereocenters. The van der Waals surface area contributed by atoms with Gasteiger partial charge in [-0.3, -0.25) is 14.2 Å². The predicted octanol–water partition coefficient (Wildman–Crippen LogP) is 2.61. The Labute approximate surface area is 153 Å². The Kier molecular flexibility index (Phi) is 5.40. The Morgan fingerprint density at radius 2 is 2.00 bits per heavy atom. The van der Waals surface area contributed by atoms with Gasteiger partial charge < -0.3 is 10.2 Å². The van der Waals surface area contributed by atoms with Crippen LogP contribution in [0.3, 0.4) is 0 Å². The minimum absolute atomic E-state index is 0.0199. The quantitative estimate of drug-likeness (QED) is 0.866. The van der Waals surface area contributed by atoms with Crippen molar-refractivity contribution in [3.05, 3.63) is 52.2 Å². The molecule has 138 valence electrons. The fraction of sp³-hybridized carbons (Fsp3) is 0.450. The highest BCUT2D eigenvalue weighted by atomic mass is 16.2. The zero-order valence-corrected chi connectivity index (χ0v) is 15.7. The molecule has 0 fully saturated rings. The van der Waals surface area contributed by atoms with Crippen LogP contribution in [0.4, 0.5) is 11.4 Å². The summed E-state index contributed by atoms with van der Waals surface area (Å²) in [4.78, 5) is 31.3. The highest BCUT2D eigenvalue weighted by Gasteiger charge is 2.18. The molecule has 1 aromatic carbocycles. The number of hydrogen-bond donors (Lipinski definition) is 1. The summed E-state index contributed by atoms with van der Waals surface area (Å²) in [6, 6.07) is 8.20. The maximum atomic E-state index is 12.4. The molecule has 0 radical (unpaired) electrons. The van der Waals surface area contributed by atoms with E-state index in [2.05, 4.69) is 36.0 Å². The van der Waals surface area contributed by atoms with Crippen molar-refractivity contribution in [3.63, 3.8) is 0 Å². The molecule has 0 spiro atoms. The van der Waals surface area contributed by atoms with Crippen LogP contribution in [0.2, 0.25) is 0 Å². The molecular formula is C20H26N4O2. The third-order valence-electron chi connectivity index (χ3n) is 4.82. The highest BCUT2D eigenvalue weighted by Crippen LogP contribution is 2.20. The van der Waals surface area contributed by atoms with Crippen LogP contribution in [-0.4, -0.2) is 28.0 Å². The van der Waals surface area contributed by atoms with E-state index in [1.165, 1.54) is 10.9 Å². The normalized spacial score (nSPS) is 12.9. The summed E-state index contributed by atoms with van der Waals surface area (Å²) in [6.45, 7) is 7.34. The lowest BCUT2D eigenvalue weighted by Gasteiger charge is -2.27. The van der Waals surface area contributed by atoms with Crippen LogP contribution in [0.1, 0.15) is 38.4 Å². The molecule has 1 aliphatic carbocycles. The molecule has 2 aromatic rings. The molecule has 1 N–H and O–H groups in total. The van der Waals surface area contributed by atoms with Crippen molar-refractivity contribution in [2.24, 2.45) is 0 Å². The van der Waals surface area contributed by atoms with Crippen molar-refractivity contribution in [2.45, 2.75) is 52.6 Å². The van der Waals surface area contributed by atoms with Crippen LogP contribution in [0.5, 0.6) is 0 Å². The zero-order chi connectivity index (χ0) is 18.7. The molecule has 1 heterocycles. The van der Waals surface area contributed by atoms with Gasteiger partial charge in [-0.05, 0) is 64.3 Å². The second-order valence-corrected chi connectivity index (χ2v) is 6.93. The first-order valence-electron chi connectivity index (χ1n) is 9.23. The highest BCUT2D eigenvalue weighted by molar-refractivity contribution is 5.90. The molecule has 1 aliphatic rings. The van der Waals surface area contributed by atoms with Gasteiger partial charge in [-0.15, -0.1) is 0 Å². The van der Waals surface area contributed by atoms with E-state index < -0.39 is 0 Å². The number of anilines is 2. The van der Waals surface area contributed by atoms with Crippen molar-refractivity contribution >= 4 is 17.3 Å². The average molecular weight is 354 g/mol. The fourth-order valence-corrected chi connectivity index (χ4v) is 3.52. The Bertz CT molecular complexity index is 840. The number of aromatic nitrogens is 2. The number of aryl methyl sites for hydroxylation is 1. The summed E-state index contributed by atoms with van der Waals surface area (Å²) in [6.07, 6.45) is 4.06. The van der Waals surface area contributed by atoms with E-state index in [1.807, 2.05) is 24.3 Å². The van der Waals surface area contributed by atoms with Crippen molar-refractivity contribution in [3.8, 4) is 0 Å². The minimum atomic E-state index is -0.226. The van der Waals surface area contributed by atoms with Crippen molar-refractivity contribution in [1.82, 2.24) is 9.55 Å². The first-order valence-corrected chi connectivity index (χ1v) is 9.23. The summed E-state index contributed by atoms with van der Waals surface area (Å²) in [7, 11) is 0. The minimum Gasteiger partial charge on any atom is -0.369 e. The van der Waals surface area contributed by atoms with Crippen molar-refractivity contribution in [2.75, 3.05) is 16.8 Å². The Balaban J connectivity index is 1.66. The van der Waals surface area contributed by atoms with E-state index in [0.717, 1.165) is 48.4 Å². The van der Waals surface area contributed by atoms with Gasteiger partial charge in [-0.25, -0.2) is 4.98 Å². The van der Waals surface area contributed by atoms with E-state index in [4.69, 9.17) is 0 Å². The number of amides is 1. The fourth-order valence-electron chi connectivity index (χ4n) is 3.52. The average Bonchev–Trinajstić information content (AvgIpc) is 3.09. The SMILES string of the molecule is CCN(c1ccc(NC(=O)Cn2cnc3c(c2=O)CCC3)cc1)C(C)C. The predicted molar refractivity (Wildman–Crippen MR) is 104 cm³/mol. The van der Waals surface area contributed by atoms with E-state index in [9.17, 15) is 9.59 Å². The number of carbonyl (C=O) groups excluding carboxylic acids is 1. The number of hydrogen-bond acceptors (Lipinski definition) is 4. The van der Waals surface area contributed by atoms with Crippen LogP contribution in [-0.2, 0) is 24.2 Å². The van der Waals surface area contributed by atoms with Gasteiger partial charge in [-0.2, -0.15) is 0 Å². The number of carbonyl (C=O) groups is 1. The number of nitrogens with zero attached hydrogens (tertiary/aromatic N) is 3. The smallest absolute Gasteiger partial charge is 0.257 e. The summed E-state index contributed by atoms with van der Waals surface area (Å²) < 4.78 is 1.39. The lowest BCUT2D eigenvalue weighted by Crippen LogP contribution is -2.30. The van der Waals surface area contributed by atoms with Gasteiger partial charge in [0, 0.05) is 29.5 Å². The monoisotopic (exact) mass is 354 g/mol. The lowest BCUT2D eigenvalue weighted by molar-refractivity contribution is -0.116. The van der Waals surface area contributed by atoms with Crippen LogP contribution >= 0.6 is 0 Å². The van der Waals surface area contributed by atoms with Crippen LogP contribution in [0.15, 0.2) is 35.4 Å². The molecule has 0 bridgehead atoms. The zero-order valence-electron chi connectivity index (χ0n) is 15.7. The van der Waals surface area contributed by atoms with E-state index in [1.54, 1.807) is 0 Å². The van der Waals surface area contributed by atoms with Crippen LogP contribution in [0, 0.1) is 0 Å². The molecule has 1 aromatic heterocycles. The summed E-state index contributed by atoms with van der Waals surface area (Å²) >= 11 is 0. The standard InChI is InChI=1S/C20H26N4O2/c1-4-24(14(2)3)16-10-8-15(9-11-16)22-19(25)12-23-13-21-18-7-5-6-17(18)20(23)26/h8-11,13-14H,4-7,12H2,1-3H3,(H,22,25). The van der Waals surface area contributed by atoms with Crippen molar-refractivity contribution in [1.29, 1.82) is 0 Å². The maximum absolute atomic E-state index is 12.4. The van der Waals surface area contributed by atoms with Gasteiger partial charge in [0.25, 0.3) is 5.56 Å². The third kappa shape index (κ3) is 3.79. The molecule has 0 saturated carbocycles. The maximum Gasteiger partial charge on any atom is 0.257 e. The number of fused-ring (bicyclic) bond motifs is 1. The van der Waals surface area contributed by atoms with Gasteiger partial charge in [-0.1, -0.05) is 0 Å². The van der Waals surface area contributed by atoms with Crippen LogP contribution in [0.25, 0.3) is 0 Å². The third-order valence-corrected chi connectivity index (χ3v) is 4.82. The molecule has 3 rings (SSSR count). The second-order valence-electron chi connectivity index (χ2n) is 6.93. The van der Waals surface area contributed by atoms with E-state index in [-0.39, 0.29) is 18.0 Å². The Hall–Kier alpha value is -2.63. The molecule has 6 heteroatoms. The first-order chi connectivity index (χ1) is 12.5. The molecular weight excluding hydrogens is 328 g/mol. The summed E-state index contributed by atoms with van der Waals surface area (Å²) in [5, 5.41) is 2.85. The van der Waals surface area contributed by atoms with Gasteiger partial charge in [0.05, 0.1) is 12.0 Å². The number of rotatable bonds is 6. The van der Waals surface area contributed by atoms with Gasteiger partial charge in [0.2, 0.25) is 5.91 Å². The van der Waals surface area contributed by atoms with Gasteiger partial charge in [0.15, 0.2) is 0 Å². The van der Waals surface area contributed by atoms with Gasteiger partial charge in [0.1, 0.15) is 6.54 Å². The van der Waals surface area contributed by atoms with Crippen molar-refractivity contribution < 1.29 is 4.79 Å². The largest absolute Gasteiger partial charge is 0.369 e. The number of benzene rings is 1. The molecule has 0 saturated heterocycles. The Morgan fingerprint density at radius 3 is 2.65 bits per heavy atom. The Morgan fingerprint density at radius 1 is 1.27 bits per heavy atom. The van der Waals surface area contributed by atoms with E-state index >= 15 is 0 Å². The van der Waals surface area contributed by atoms with E-state index in [0.29, 0.717) is 6.04 Å². The van der Waals surface area contributed by atoms with Gasteiger partial charge >= 0.3 is 0 Å². The summed E-state index contributed by atoms with van der Waals surface area (Å²) in [5.74, 6) is -0.226. The lowest BCUT2D eigenvalue weighted by atomic mass is 10.2. The molecule has 0 aliphatic heterocycles. The number of nitrogens with one attached hydrogen (secondary N) is 1. The molecule has 6 nitrogen and oxygen atoms in total. The molecule has 26 heavy (non-hydrogen) atoms. The summed E-state index contributed by atoms with van der Waals surface area (Å²) in [5.41, 5.74) is 3.40. The molecule has 0 unspecified atom stereocenters. The van der Waals surface area contributed by atoms with Crippen LogP contribution < -0.4 is 15.8 Å². The first kappa shape index (κ1) is 18.2. The topological polar surface area (TPSA) is 67.2 Å².